The number of rotatable bonds is 10. The number of aliphatic hydroxyl groups excluding tert-OH is 2. The third-order valence-electron chi connectivity index (χ3n) is 11.7. The molecular weight excluding hydrogens is 1130 g/mol. The van der Waals surface area contributed by atoms with Crippen LogP contribution in [0.15, 0.2) is 129 Å². The molecule has 3 aliphatic rings. The fraction of sp³-hybridized carbons (Fsp3) is 0.222. The predicted octanol–water partition coefficient (Wildman–Crippen LogP) is 15.9. The lowest BCUT2D eigenvalue weighted by atomic mass is 9.96. The summed E-state index contributed by atoms with van der Waals surface area (Å²) in [4.78, 5) is 46.8. The van der Waals surface area contributed by atoms with Crippen molar-refractivity contribution in [3.05, 3.63) is 191 Å². The van der Waals surface area contributed by atoms with Gasteiger partial charge in [0.2, 0.25) is 0 Å². The number of methoxy groups -OCH3 is 1. The van der Waals surface area contributed by atoms with Crippen LogP contribution < -0.4 is 4.74 Å². The Morgan fingerprint density at radius 3 is 1.54 bits per heavy atom. The minimum absolute atomic E-state index is 0.0184. The van der Waals surface area contributed by atoms with Crippen molar-refractivity contribution in [1.29, 1.82) is 0 Å². The zero-order valence-electron chi connectivity index (χ0n) is 39.3. The second-order valence-electron chi connectivity index (χ2n) is 16.7. The summed E-state index contributed by atoms with van der Waals surface area (Å²) in [7, 11) is 1.50. The molecule has 22 heteroatoms. The largest absolute Gasteiger partial charge is 0.495 e. The number of hydrogen-bond acceptors (Lipinski definition) is 10. The number of carbonyl (C=O) groups excluding carboxylic acids is 4. The van der Waals surface area contributed by atoms with Crippen LogP contribution in [0.1, 0.15) is 86.8 Å². The van der Waals surface area contributed by atoms with Gasteiger partial charge in [-0.3, -0.25) is 19.2 Å². The van der Waals surface area contributed by atoms with E-state index in [1.165, 1.54) is 55.6 Å². The number of benzene rings is 6. The van der Waals surface area contributed by atoms with Gasteiger partial charge in [0.15, 0.2) is 17.3 Å². The van der Waals surface area contributed by atoms with Gasteiger partial charge in [-0.15, -0.1) is 0 Å². The minimum atomic E-state index is -4.32. The maximum absolute atomic E-state index is 12.5. The first-order valence-corrected chi connectivity index (χ1v) is 25.9. The van der Waals surface area contributed by atoms with Gasteiger partial charge in [0, 0.05) is 61.3 Å². The standard InChI is InChI=1S/C18H12ClF3O2S.C18H14ClF3O2S.C10H9ClO2.C8H5F3OS/c1-24-15-7-6-13-14(16(15)19)9-11(17(13)23)8-10-2-4-12(5-3-10)25-18(20,21)22;19-16-11(9-23)3-6-14-15(16)8-12(17(14)24)7-10-1-4-13(5-2-10)25-18(20,21)22;11-10-6(5-12)1-2-7-8(10)3-4-9(7)13;9-8(10,11)13-7-3-1-6(5-12)2-4-7/h2-8H,9H2,1H3;1-6,12,23H,7-9H2;1-2,12H,3-5H2;1-5H/b11-8+;;;. The first kappa shape index (κ1) is 60.0. The third kappa shape index (κ3) is 16.2. The van der Waals surface area contributed by atoms with Crippen molar-refractivity contribution in [2.45, 2.75) is 76.5 Å². The van der Waals surface area contributed by atoms with E-state index < -0.39 is 16.5 Å². The molecule has 0 saturated carbocycles. The number of allylic oxidation sites excluding steroid dienone is 1. The topological polar surface area (TPSA) is 118 Å². The smallest absolute Gasteiger partial charge is 0.446 e. The van der Waals surface area contributed by atoms with Crippen LogP contribution in [0.3, 0.4) is 0 Å². The number of Topliss-reactive ketones (excluding diaryl/α,β-unsaturated/α-hetero) is 3. The van der Waals surface area contributed by atoms with Crippen LogP contribution >= 0.6 is 70.1 Å². The van der Waals surface area contributed by atoms with E-state index >= 15 is 0 Å². The van der Waals surface area contributed by atoms with E-state index in [1.807, 2.05) is 0 Å². The van der Waals surface area contributed by atoms with E-state index in [9.17, 15) is 63.8 Å². The van der Waals surface area contributed by atoms with E-state index in [4.69, 9.17) is 44.6 Å². The highest BCUT2D eigenvalue weighted by Crippen LogP contribution is 2.42. The molecule has 0 aromatic heterocycles. The van der Waals surface area contributed by atoms with Gasteiger partial charge in [-0.25, -0.2) is 0 Å². The number of ketones is 3. The summed E-state index contributed by atoms with van der Waals surface area (Å²) in [5.41, 5.74) is -5.08. The summed E-state index contributed by atoms with van der Waals surface area (Å²) in [6.07, 6.45) is 4.79. The van der Waals surface area contributed by atoms with Crippen LogP contribution in [-0.4, -0.2) is 57.5 Å². The van der Waals surface area contributed by atoms with Gasteiger partial charge in [-0.05, 0) is 148 Å². The van der Waals surface area contributed by atoms with E-state index in [-0.39, 0.29) is 86.5 Å². The summed E-state index contributed by atoms with van der Waals surface area (Å²) in [6, 6.07) is 27.3. The first-order chi connectivity index (χ1) is 35.8. The van der Waals surface area contributed by atoms with Gasteiger partial charge in [-0.1, -0.05) is 95.5 Å². The van der Waals surface area contributed by atoms with Gasteiger partial charge >= 0.3 is 16.5 Å². The second-order valence-corrected chi connectivity index (χ2v) is 21.2. The highest BCUT2D eigenvalue weighted by atomic mass is 35.5. The molecule has 76 heavy (non-hydrogen) atoms. The lowest BCUT2D eigenvalue weighted by molar-refractivity contribution is -0.0337. The van der Waals surface area contributed by atoms with Crippen molar-refractivity contribution in [3.63, 3.8) is 0 Å². The predicted molar refractivity (Wildman–Crippen MR) is 277 cm³/mol. The van der Waals surface area contributed by atoms with Crippen molar-refractivity contribution < 1.29 is 73.6 Å². The molecule has 0 amide bonds. The van der Waals surface area contributed by atoms with E-state index in [0.717, 1.165) is 22.3 Å². The van der Waals surface area contributed by atoms with Crippen LogP contribution in [0.4, 0.5) is 39.5 Å². The van der Waals surface area contributed by atoms with Crippen molar-refractivity contribution >= 4 is 99.8 Å². The summed E-state index contributed by atoms with van der Waals surface area (Å²) in [5.74, 6) is 0.218. The van der Waals surface area contributed by atoms with Crippen LogP contribution in [-0.2, 0) is 38.9 Å². The van der Waals surface area contributed by atoms with Crippen molar-refractivity contribution in [2.24, 2.45) is 5.92 Å². The Bertz CT molecular complexity index is 3130. The Morgan fingerprint density at radius 1 is 0.579 bits per heavy atom. The highest BCUT2D eigenvalue weighted by Gasteiger charge is 2.34. The number of fused-ring (bicyclic) bond motifs is 3. The Labute approximate surface area is 457 Å². The van der Waals surface area contributed by atoms with Crippen molar-refractivity contribution in [2.75, 3.05) is 7.11 Å². The molecule has 0 aliphatic heterocycles. The lowest BCUT2D eigenvalue weighted by Gasteiger charge is -2.10. The molecule has 9 rings (SSSR count). The Kier molecular flexibility index (Phi) is 20.5. The zero-order chi connectivity index (χ0) is 55.7. The Balaban J connectivity index is 0.000000172. The maximum Gasteiger partial charge on any atom is 0.446 e. The summed E-state index contributed by atoms with van der Waals surface area (Å²) in [6.45, 7) is -0.260. The zero-order valence-corrected chi connectivity index (χ0v) is 44.0. The van der Waals surface area contributed by atoms with Crippen molar-refractivity contribution in [3.8, 4) is 5.75 Å². The van der Waals surface area contributed by atoms with E-state index in [1.54, 1.807) is 66.7 Å². The van der Waals surface area contributed by atoms with E-state index in [2.05, 4.69) is 0 Å². The first-order valence-electron chi connectivity index (χ1n) is 22.3. The lowest BCUT2D eigenvalue weighted by Crippen LogP contribution is -2.12. The molecule has 0 saturated heterocycles. The molecule has 6 aromatic carbocycles. The van der Waals surface area contributed by atoms with Gasteiger partial charge in [-0.2, -0.15) is 39.5 Å². The number of ether oxygens (including phenoxy) is 1. The molecule has 1 unspecified atom stereocenters. The fourth-order valence-corrected chi connectivity index (χ4v) is 10.7. The van der Waals surface area contributed by atoms with Gasteiger partial charge in [0.05, 0.1) is 35.4 Å². The average Bonchev–Trinajstić information content (AvgIpc) is 4.02. The second kappa shape index (κ2) is 25.9. The molecule has 6 aromatic rings. The molecule has 1 atom stereocenters. The van der Waals surface area contributed by atoms with Crippen LogP contribution in [0.5, 0.6) is 5.75 Å². The molecular formula is C54H40Cl3F9O7S3. The fourth-order valence-electron chi connectivity index (χ4n) is 8.15. The molecule has 0 bridgehead atoms. The minimum Gasteiger partial charge on any atom is -0.495 e. The van der Waals surface area contributed by atoms with Crippen molar-refractivity contribution in [1.82, 2.24) is 0 Å². The number of hydrogen-bond donors (Lipinski definition) is 2. The molecule has 7 nitrogen and oxygen atoms in total. The summed E-state index contributed by atoms with van der Waals surface area (Å²) in [5, 5.41) is 19.6. The molecule has 0 heterocycles. The van der Waals surface area contributed by atoms with Crippen LogP contribution in [0.25, 0.3) is 6.08 Å². The van der Waals surface area contributed by atoms with Gasteiger partial charge in [0.25, 0.3) is 0 Å². The molecule has 400 valence electrons. The number of halogens is 12. The third-order valence-corrected chi connectivity index (χ3v) is 15.2. The maximum atomic E-state index is 12.5. The number of aliphatic hydroxyl groups is 2. The number of carbonyl (C=O) groups is 4. The van der Waals surface area contributed by atoms with E-state index in [0.29, 0.717) is 104 Å². The molecule has 0 spiro atoms. The molecule has 3 aliphatic carbocycles. The molecule has 0 fully saturated rings. The van der Waals surface area contributed by atoms with Gasteiger partial charge < -0.3 is 14.9 Å². The molecule has 2 N–H and O–H groups in total. The molecule has 0 radical (unpaired) electrons. The number of aldehydes is 1. The van der Waals surface area contributed by atoms with Crippen LogP contribution in [0, 0.1) is 5.92 Å². The summed E-state index contributed by atoms with van der Waals surface area (Å²) >= 11 is 18.0. The SMILES string of the molecule is COc1ccc2c(c1Cl)C/C(=C\c1ccc(SC(F)(F)F)cc1)C2=O.O=C1CCc2c1ccc(CO)c2Cl.O=C1c2ccc(CO)c(Cl)c2CC1Cc1ccc(SC(F)(F)F)cc1.O=Cc1ccc(SC(F)(F)F)cc1. The highest BCUT2D eigenvalue weighted by molar-refractivity contribution is 8.00. The Hall–Kier alpha value is -5.25. The number of alkyl halides is 9. The normalized spacial score (nSPS) is 15.2. The number of thioether (sulfide) groups is 3. The summed E-state index contributed by atoms with van der Waals surface area (Å²) < 4.78 is 115. The monoisotopic (exact) mass is 1170 g/mol. The average molecular weight is 1170 g/mol. The van der Waals surface area contributed by atoms with Crippen LogP contribution in [0.2, 0.25) is 15.1 Å². The Morgan fingerprint density at radius 2 is 1.05 bits per heavy atom. The van der Waals surface area contributed by atoms with Gasteiger partial charge in [0.1, 0.15) is 12.0 Å². The quantitative estimate of drug-likeness (QED) is 0.0594.